The maximum atomic E-state index is 10.4. The summed E-state index contributed by atoms with van der Waals surface area (Å²) < 4.78 is 0.489. The van der Waals surface area contributed by atoms with Crippen LogP contribution in [0.4, 0.5) is 0 Å². The molecular weight excluding hydrogens is 243 g/mol. The summed E-state index contributed by atoms with van der Waals surface area (Å²) >= 11 is 8.65. The fourth-order valence-electron chi connectivity index (χ4n) is 0.849. The first-order chi connectivity index (χ1) is 5.69. The Hall–Kier alpha value is -0.540. The number of phenols is 1. The number of halogens is 2. The molecular formula is C8H6BrClO2. The van der Waals surface area contributed by atoms with Crippen LogP contribution in [-0.2, 0) is 5.88 Å². The maximum absolute atomic E-state index is 10.4. The van der Waals surface area contributed by atoms with Crippen molar-refractivity contribution in [2.75, 3.05) is 0 Å². The summed E-state index contributed by atoms with van der Waals surface area (Å²) in [6.45, 7) is 0. The molecule has 0 aromatic heterocycles. The van der Waals surface area contributed by atoms with E-state index in [0.29, 0.717) is 21.9 Å². The van der Waals surface area contributed by atoms with Crippen molar-refractivity contribution in [2.45, 2.75) is 5.88 Å². The molecule has 1 aromatic rings. The molecule has 0 atom stereocenters. The van der Waals surface area contributed by atoms with Crippen LogP contribution in [-0.4, -0.2) is 11.4 Å². The number of hydrogen-bond donors (Lipinski definition) is 1. The normalized spacial score (nSPS) is 9.83. The smallest absolute Gasteiger partial charge is 0.150 e. The first-order valence-corrected chi connectivity index (χ1v) is 4.54. The lowest BCUT2D eigenvalue weighted by Gasteiger charge is -2.03. The first kappa shape index (κ1) is 9.55. The highest BCUT2D eigenvalue weighted by Crippen LogP contribution is 2.29. The Bertz CT molecular complexity index is 312. The van der Waals surface area contributed by atoms with Gasteiger partial charge >= 0.3 is 0 Å². The lowest BCUT2D eigenvalue weighted by molar-refractivity contribution is 0.112. The summed E-state index contributed by atoms with van der Waals surface area (Å²) in [5.41, 5.74) is 1.04. The highest BCUT2D eigenvalue weighted by atomic mass is 79.9. The Morgan fingerprint density at radius 1 is 1.58 bits per heavy atom. The van der Waals surface area contributed by atoms with Gasteiger partial charge in [0.05, 0.1) is 10.4 Å². The van der Waals surface area contributed by atoms with E-state index in [1.165, 1.54) is 0 Å². The third kappa shape index (κ3) is 1.79. The van der Waals surface area contributed by atoms with Gasteiger partial charge in [0.2, 0.25) is 0 Å². The molecule has 64 valence electrons. The second-order valence-corrected chi connectivity index (χ2v) is 3.38. The third-order valence-corrected chi connectivity index (χ3v) is 2.34. The van der Waals surface area contributed by atoms with E-state index in [4.69, 9.17) is 11.6 Å². The monoisotopic (exact) mass is 248 g/mol. The molecule has 1 rings (SSSR count). The second kappa shape index (κ2) is 3.92. The molecule has 0 fully saturated rings. The molecule has 0 spiro atoms. The van der Waals surface area contributed by atoms with E-state index in [2.05, 4.69) is 15.9 Å². The number of rotatable bonds is 2. The van der Waals surface area contributed by atoms with Crippen LogP contribution in [0.25, 0.3) is 0 Å². The zero-order valence-electron chi connectivity index (χ0n) is 6.05. The number of phenolic OH excluding ortho intramolecular Hbond substituents is 1. The summed E-state index contributed by atoms with van der Waals surface area (Å²) in [7, 11) is 0. The molecule has 2 nitrogen and oxygen atoms in total. The van der Waals surface area contributed by atoms with E-state index in [1.807, 2.05) is 0 Å². The van der Waals surface area contributed by atoms with Gasteiger partial charge in [-0.1, -0.05) is 0 Å². The van der Waals surface area contributed by atoms with E-state index in [0.717, 1.165) is 0 Å². The van der Waals surface area contributed by atoms with Gasteiger partial charge in [-0.05, 0) is 28.1 Å². The minimum Gasteiger partial charge on any atom is -0.506 e. The van der Waals surface area contributed by atoms with Crippen LogP contribution in [0.5, 0.6) is 5.75 Å². The first-order valence-electron chi connectivity index (χ1n) is 3.21. The van der Waals surface area contributed by atoms with Gasteiger partial charge in [0.1, 0.15) is 12.0 Å². The van der Waals surface area contributed by atoms with Crippen LogP contribution in [0.1, 0.15) is 15.9 Å². The minimum absolute atomic E-state index is 0.0931. The Balaban J connectivity index is 3.28. The van der Waals surface area contributed by atoms with Crippen LogP contribution < -0.4 is 0 Å². The molecule has 0 radical (unpaired) electrons. The number of carbonyl (C=O) groups excluding carboxylic acids is 1. The van der Waals surface area contributed by atoms with Crippen molar-refractivity contribution in [3.05, 3.63) is 27.7 Å². The molecule has 0 heterocycles. The molecule has 4 heteroatoms. The van der Waals surface area contributed by atoms with Gasteiger partial charge in [0.25, 0.3) is 0 Å². The van der Waals surface area contributed by atoms with Gasteiger partial charge in [0, 0.05) is 11.1 Å². The second-order valence-electron chi connectivity index (χ2n) is 2.26. The lowest BCUT2D eigenvalue weighted by Crippen LogP contribution is -1.86. The Morgan fingerprint density at radius 2 is 2.25 bits per heavy atom. The molecule has 0 aliphatic heterocycles. The van der Waals surface area contributed by atoms with Gasteiger partial charge in [-0.3, -0.25) is 4.79 Å². The molecule has 0 aliphatic carbocycles. The van der Waals surface area contributed by atoms with Crippen LogP contribution in [0.15, 0.2) is 16.6 Å². The summed E-state index contributed by atoms with van der Waals surface area (Å²) in [5, 5.41) is 9.37. The van der Waals surface area contributed by atoms with Gasteiger partial charge in [-0.2, -0.15) is 0 Å². The van der Waals surface area contributed by atoms with E-state index in [-0.39, 0.29) is 11.6 Å². The van der Waals surface area contributed by atoms with Crippen LogP contribution in [0.2, 0.25) is 0 Å². The largest absolute Gasteiger partial charge is 0.506 e. The standard InChI is InChI=1S/C8H6BrClO2/c9-7-2-5(4-11)1-6(3-10)8(7)12/h1-2,4,12H,3H2. The lowest BCUT2D eigenvalue weighted by atomic mass is 10.1. The SMILES string of the molecule is O=Cc1cc(Br)c(O)c(CCl)c1. The van der Waals surface area contributed by atoms with Crippen LogP contribution >= 0.6 is 27.5 Å². The molecule has 0 saturated carbocycles. The molecule has 1 aromatic carbocycles. The predicted molar refractivity (Wildman–Crippen MR) is 50.8 cm³/mol. The van der Waals surface area contributed by atoms with E-state index in [9.17, 15) is 9.90 Å². The van der Waals surface area contributed by atoms with Crippen molar-refractivity contribution >= 4 is 33.8 Å². The van der Waals surface area contributed by atoms with Crippen molar-refractivity contribution in [3.8, 4) is 5.75 Å². The minimum atomic E-state index is 0.0931. The van der Waals surface area contributed by atoms with Crippen molar-refractivity contribution in [1.82, 2.24) is 0 Å². The van der Waals surface area contributed by atoms with Crippen molar-refractivity contribution in [1.29, 1.82) is 0 Å². The average Bonchev–Trinajstić information content (AvgIpc) is 2.09. The van der Waals surface area contributed by atoms with Gasteiger partial charge in [-0.25, -0.2) is 0 Å². The molecule has 1 N–H and O–H groups in total. The fourth-order valence-corrected chi connectivity index (χ4v) is 1.57. The summed E-state index contributed by atoms with van der Waals surface area (Å²) in [6, 6.07) is 3.10. The Morgan fingerprint density at radius 3 is 2.75 bits per heavy atom. The summed E-state index contributed by atoms with van der Waals surface area (Å²) in [4.78, 5) is 10.4. The topological polar surface area (TPSA) is 37.3 Å². The fraction of sp³-hybridized carbons (Fsp3) is 0.125. The maximum Gasteiger partial charge on any atom is 0.150 e. The Kier molecular flexibility index (Phi) is 3.12. The quantitative estimate of drug-likeness (QED) is 0.646. The zero-order valence-corrected chi connectivity index (χ0v) is 8.39. The summed E-state index contributed by atoms with van der Waals surface area (Å²) in [6.07, 6.45) is 0.709. The van der Waals surface area contributed by atoms with Crippen LogP contribution in [0, 0.1) is 0 Å². The number of aromatic hydroxyl groups is 1. The highest BCUT2D eigenvalue weighted by Gasteiger charge is 2.06. The molecule has 0 bridgehead atoms. The third-order valence-electron chi connectivity index (χ3n) is 1.44. The van der Waals surface area contributed by atoms with Crippen molar-refractivity contribution in [3.63, 3.8) is 0 Å². The average molecular weight is 249 g/mol. The predicted octanol–water partition coefficient (Wildman–Crippen LogP) is 2.71. The number of aldehydes is 1. The molecule has 0 amide bonds. The molecule has 0 aliphatic rings. The molecule has 12 heavy (non-hydrogen) atoms. The van der Waals surface area contributed by atoms with Gasteiger partial charge < -0.3 is 5.11 Å². The van der Waals surface area contributed by atoms with E-state index in [1.54, 1.807) is 12.1 Å². The summed E-state index contributed by atoms with van der Waals surface area (Å²) in [5.74, 6) is 0.280. The van der Waals surface area contributed by atoms with Gasteiger partial charge in [-0.15, -0.1) is 11.6 Å². The highest BCUT2D eigenvalue weighted by molar-refractivity contribution is 9.10. The number of hydrogen-bond acceptors (Lipinski definition) is 2. The Labute approximate surface area is 83.3 Å². The zero-order chi connectivity index (χ0) is 9.14. The number of carbonyl (C=O) groups is 1. The van der Waals surface area contributed by atoms with E-state index < -0.39 is 0 Å². The van der Waals surface area contributed by atoms with Gasteiger partial charge in [0.15, 0.2) is 0 Å². The van der Waals surface area contributed by atoms with Crippen molar-refractivity contribution in [2.24, 2.45) is 0 Å². The van der Waals surface area contributed by atoms with E-state index >= 15 is 0 Å². The molecule has 0 saturated heterocycles. The van der Waals surface area contributed by atoms with Crippen molar-refractivity contribution < 1.29 is 9.90 Å². The molecule has 0 unspecified atom stereocenters. The van der Waals surface area contributed by atoms with Crippen LogP contribution in [0.3, 0.4) is 0 Å². The number of benzene rings is 1. The number of alkyl halides is 1.